The van der Waals surface area contributed by atoms with Gasteiger partial charge in [0.1, 0.15) is 0 Å². The molecule has 0 bridgehead atoms. The number of anilines is 1. The summed E-state index contributed by atoms with van der Waals surface area (Å²) in [7, 11) is 0. The zero-order chi connectivity index (χ0) is 12.5. The first kappa shape index (κ1) is 13.9. The largest absolute Gasteiger partial charge is 0.375 e. The van der Waals surface area contributed by atoms with E-state index in [1.807, 2.05) is 30.5 Å². The Kier molecular flexibility index (Phi) is 6.55. The number of para-hydroxylation sites is 1. The molecule has 1 amide bonds. The summed E-state index contributed by atoms with van der Waals surface area (Å²) >= 11 is 1.67. The maximum absolute atomic E-state index is 11.5. The van der Waals surface area contributed by atoms with Crippen molar-refractivity contribution in [1.29, 1.82) is 0 Å². The van der Waals surface area contributed by atoms with Gasteiger partial charge < -0.3 is 10.6 Å². The summed E-state index contributed by atoms with van der Waals surface area (Å²) in [6.07, 6.45) is 4.16. The van der Waals surface area contributed by atoms with Gasteiger partial charge in [0.2, 0.25) is 5.91 Å². The minimum atomic E-state index is 0.0503. The molecule has 0 aliphatic heterocycles. The summed E-state index contributed by atoms with van der Waals surface area (Å²) in [5.74, 6) is 0.0503. The van der Waals surface area contributed by atoms with Gasteiger partial charge in [-0.3, -0.25) is 4.79 Å². The Hall–Kier alpha value is -1.16. The Balaban J connectivity index is 2.36. The van der Waals surface area contributed by atoms with E-state index in [1.54, 1.807) is 11.8 Å². The number of hydrogen-bond acceptors (Lipinski definition) is 3. The molecule has 0 spiro atoms. The second-order valence-corrected chi connectivity index (χ2v) is 4.61. The molecule has 0 unspecified atom stereocenters. The van der Waals surface area contributed by atoms with E-state index < -0.39 is 0 Å². The number of amides is 1. The van der Waals surface area contributed by atoms with Gasteiger partial charge in [0.15, 0.2) is 0 Å². The Labute approximate surface area is 107 Å². The number of unbranched alkanes of at least 4 members (excludes halogenated alkanes) is 1. The summed E-state index contributed by atoms with van der Waals surface area (Å²) in [5, 5.41) is 6.04. The van der Waals surface area contributed by atoms with Crippen LogP contribution >= 0.6 is 11.8 Å². The van der Waals surface area contributed by atoms with Gasteiger partial charge in [-0.2, -0.15) is 0 Å². The fourth-order valence-electron chi connectivity index (χ4n) is 1.43. The molecule has 17 heavy (non-hydrogen) atoms. The molecule has 0 aromatic heterocycles. The van der Waals surface area contributed by atoms with Crippen LogP contribution in [0, 0.1) is 0 Å². The average Bonchev–Trinajstić information content (AvgIpc) is 2.37. The van der Waals surface area contributed by atoms with Crippen LogP contribution in [0.2, 0.25) is 0 Å². The van der Waals surface area contributed by atoms with Crippen LogP contribution < -0.4 is 10.6 Å². The highest BCUT2D eigenvalue weighted by Crippen LogP contribution is 2.24. The minimum absolute atomic E-state index is 0.0503. The molecule has 1 rings (SSSR count). The van der Waals surface area contributed by atoms with E-state index in [0.29, 0.717) is 6.54 Å². The molecule has 0 saturated carbocycles. The average molecular weight is 252 g/mol. The molecule has 3 nitrogen and oxygen atoms in total. The number of carbonyl (C=O) groups excluding carboxylic acids is 1. The normalized spacial score (nSPS) is 10.0. The van der Waals surface area contributed by atoms with Gasteiger partial charge in [0, 0.05) is 17.1 Å². The van der Waals surface area contributed by atoms with Crippen molar-refractivity contribution in [2.45, 2.75) is 24.7 Å². The van der Waals surface area contributed by atoms with Crippen molar-refractivity contribution < 1.29 is 4.79 Å². The third-order valence-corrected chi connectivity index (χ3v) is 3.19. The SMILES string of the molecule is CCCCNC(=O)CNc1ccccc1SC. The monoisotopic (exact) mass is 252 g/mol. The van der Waals surface area contributed by atoms with Crippen LogP contribution in [0.25, 0.3) is 0 Å². The Bertz CT molecular complexity index is 355. The lowest BCUT2D eigenvalue weighted by atomic mass is 10.3. The molecule has 0 saturated heterocycles. The minimum Gasteiger partial charge on any atom is -0.375 e. The van der Waals surface area contributed by atoms with Crippen molar-refractivity contribution in [1.82, 2.24) is 5.32 Å². The van der Waals surface area contributed by atoms with E-state index in [0.717, 1.165) is 30.0 Å². The zero-order valence-electron chi connectivity index (χ0n) is 10.5. The summed E-state index contributed by atoms with van der Waals surface area (Å²) in [5.41, 5.74) is 1.02. The van der Waals surface area contributed by atoms with Gasteiger partial charge >= 0.3 is 0 Å². The van der Waals surface area contributed by atoms with Gasteiger partial charge in [-0.1, -0.05) is 25.5 Å². The number of rotatable bonds is 7. The molecule has 0 fully saturated rings. The zero-order valence-corrected chi connectivity index (χ0v) is 11.3. The van der Waals surface area contributed by atoms with Crippen molar-refractivity contribution in [2.24, 2.45) is 0 Å². The van der Waals surface area contributed by atoms with E-state index in [9.17, 15) is 4.79 Å². The third kappa shape index (κ3) is 5.13. The molecule has 2 N–H and O–H groups in total. The van der Waals surface area contributed by atoms with Crippen molar-refractivity contribution in [2.75, 3.05) is 24.7 Å². The fourth-order valence-corrected chi connectivity index (χ4v) is 2.01. The van der Waals surface area contributed by atoms with Gasteiger partial charge in [-0.15, -0.1) is 11.8 Å². The standard InChI is InChI=1S/C13H20N2OS/c1-3-4-9-14-13(16)10-15-11-7-5-6-8-12(11)17-2/h5-8,15H,3-4,9-10H2,1-2H3,(H,14,16). The Morgan fingerprint density at radius 1 is 1.35 bits per heavy atom. The molecular weight excluding hydrogens is 232 g/mol. The van der Waals surface area contributed by atoms with Gasteiger partial charge in [0.05, 0.1) is 6.54 Å². The van der Waals surface area contributed by atoms with Gasteiger partial charge in [0.25, 0.3) is 0 Å². The van der Waals surface area contributed by atoms with Crippen LogP contribution in [0.3, 0.4) is 0 Å². The highest BCUT2D eigenvalue weighted by Gasteiger charge is 2.03. The van der Waals surface area contributed by atoms with E-state index >= 15 is 0 Å². The lowest BCUT2D eigenvalue weighted by Crippen LogP contribution is -2.30. The lowest BCUT2D eigenvalue weighted by molar-refractivity contribution is -0.119. The number of thioether (sulfide) groups is 1. The van der Waals surface area contributed by atoms with E-state index in [-0.39, 0.29) is 5.91 Å². The van der Waals surface area contributed by atoms with Crippen molar-refractivity contribution in [3.8, 4) is 0 Å². The van der Waals surface area contributed by atoms with Crippen LogP contribution in [0.15, 0.2) is 29.2 Å². The van der Waals surface area contributed by atoms with Crippen LogP contribution in [-0.2, 0) is 4.79 Å². The molecule has 4 heteroatoms. The highest BCUT2D eigenvalue weighted by atomic mass is 32.2. The molecule has 0 aliphatic carbocycles. The molecule has 0 aliphatic rings. The summed E-state index contributed by atoms with van der Waals surface area (Å²) < 4.78 is 0. The van der Waals surface area contributed by atoms with Crippen molar-refractivity contribution in [3.05, 3.63) is 24.3 Å². The van der Waals surface area contributed by atoms with Crippen LogP contribution in [0.5, 0.6) is 0 Å². The predicted molar refractivity (Wildman–Crippen MR) is 74.6 cm³/mol. The second kappa shape index (κ2) is 8.01. The first-order valence-corrected chi connectivity index (χ1v) is 7.14. The van der Waals surface area contributed by atoms with Crippen LogP contribution in [0.4, 0.5) is 5.69 Å². The number of hydrogen-bond donors (Lipinski definition) is 2. The van der Waals surface area contributed by atoms with Gasteiger partial charge in [-0.25, -0.2) is 0 Å². The fraction of sp³-hybridized carbons (Fsp3) is 0.462. The Morgan fingerprint density at radius 2 is 2.12 bits per heavy atom. The highest BCUT2D eigenvalue weighted by molar-refractivity contribution is 7.98. The number of benzene rings is 1. The maximum atomic E-state index is 11.5. The molecule has 1 aromatic carbocycles. The topological polar surface area (TPSA) is 41.1 Å². The smallest absolute Gasteiger partial charge is 0.239 e. The first-order chi connectivity index (χ1) is 8.27. The molecule has 0 atom stereocenters. The predicted octanol–water partition coefficient (Wildman–Crippen LogP) is 2.74. The molecular formula is C13H20N2OS. The first-order valence-electron chi connectivity index (χ1n) is 5.91. The number of nitrogens with one attached hydrogen (secondary N) is 2. The van der Waals surface area contributed by atoms with Gasteiger partial charge in [-0.05, 0) is 24.8 Å². The van der Waals surface area contributed by atoms with E-state index in [4.69, 9.17) is 0 Å². The molecule has 0 radical (unpaired) electrons. The number of carbonyl (C=O) groups is 1. The third-order valence-electron chi connectivity index (χ3n) is 2.40. The quantitative estimate of drug-likeness (QED) is 0.579. The lowest BCUT2D eigenvalue weighted by Gasteiger charge is -2.10. The summed E-state index contributed by atoms with van der Waals surface area (Å²) in [4.78, 5) is 12.7. The van der Waals surface area contributed by atoms with E-state index in [1.165, 1.54) is 0 Å². The van der Waals surface area contributed by atoms with Crippen LogP contribution in [-0.4, -0.2) is 25.3 Å². The maximum Gasteiger partial charge on any atom is 0.239 e. The molecule has 0 heterocycles. The Morgan fingerprint density at radius 3 is 2.82 bits per heavy atom. The molecule has 1 aromatic rings. The van der Waals surface area contributed by atoms with Crippen molar-refractivity contribution in [3.63, 3.8) is 0 Å². The van der Waals surface area contributed by atoms with Crippen molar-refractivity contribution >= 4 is 23.4 Å². The van der Waals surface area contributed by atoms with Crippen LogP contribution in [0.1, 0.15) is 19.8 Å². The molecule has 94 valence electrons. The van der Waals surface area contributed by atoms with E-state index in [2.05, 4.69) is 17.6 Å². The summed E-state index contributed by atoms with van der Waals surface area (Å²) in [6, 6.07) is 8.00. The summed E-state index contributed by atoms with van der Waals surface area (Å²) in [6.45, 7) is 3.21. The second-order valence-electron chi connectivity index (χ2n) is 3.76.